The summed E-state index contributed by atoms with van der Waals surface area (Å²) >= 11 is 1.88. The molecule has 0 unspecified atom stereocenters. The number of thiophene rings is 1. The van der Waals surface area contributed by atoms with Crippen LogP contribution in [-0.2, 0) is 5.41 Å². The maximum atomic E-state index is 5.12. The fraction of sp³-hybridized carbons (Fsp3) is 0.0169. The van der Waals surface area contributed by atoms with Gasteiger partial charge in [0, 0.05) is 36.9 Å². The Morgan fingerprint density at radius 3 is 1.34 bits per heavy atom. The minimum atomic E-state index is -0.469. The zero-order chi connectivity index (χ0) is 41.0. The smallest absolute Gasteiger partial charge is 0.160 e. The Balaban J connectivity index is 0.925. The lowest BCUT2D eigenvalue weighted by molar-refractivity contribution is 0.770. The van der Waals surface area contributed by atoms with Crippen LogP contribution in [0.4, 0.5) is 0 Å². The van der Waals surface area contributed by atoms with Crippen LogP contribution >= 0.6 is 11.3 Å². The molecule has 0 fully saturated rings. The predicted molar refractivity (Wildman–Crippen MR) is 259 cm³/mol. The van der Waals surface area contributed by atoms with Gasteiger partial charge < -0.3 is 0 Å². The molecule has 9 aromatic carbocycles. The third-order valence-corrected chi connectivity index (χ3v) is 13.8. The lowest BCUT2D eigenvalue weighted by atomic mass is 9.67. The zero-order valence-electron chi connectivity index (χ0n) is 33.7. The normalized spacial score (nSPS) is 12.6. The van der Waals surface area contributed by atoms with Crippen LogP contribution in [-0.4, -0.2) is 9.97 Å². The summed E-state index contributed by atoms with van der Waals surface area (Å²) in [6.45, 7) is 0. The molecule has 0 radical (unpaired) electrons. The van der Waals surface area contributed by atoms with Crippen LogP contribution in [0.2, 0.25) is 0 Å². The maximum absolute atomic E-state index is 5.12. The average Bonchev–Trinajstić information content (AvgIpc) is 3.88. The number of hydrogen-bond donors (Lipinski definition) is 0. The van der Waals surface area contributed by atoms with Crippen LogP contribution in [0.1, 0.15) is 22.3 Å². The van der Waals surface area contributed by atoms with Gasteiger partial charge in [-0.2, -0.15) is 0 Å². The van der Waals surface area contributed by atoms with E-state index in [1.54, 1.807) is 0 Å². The Bertz CT molecular complexity index is 3380. The number of aromatic nitrogens is 2. The molecular weight excluding hydrogens is 769 g/mol. The van der Waals surface area contributed by atoms with Crippen molar-refractivity contribution in [3.8, 4) is 67.3 Å². The molecule has 2 nitrogen and oxygen atoms in total. The van der Waals surface area contributed by atoms with Gasteiger partial charge in [-0.05, 0) is 73.8 Å². The van der Waals surface area contributed by atoms with Crippen molar-refractivity contribution in [1.82, 2.24) is 9.97 Å². The molecule has 1 aliphatic carbocycles. The van der Waals surface area contributed by atoms with Crippen molar-refractivity contribution in [2.24, 2.45) is 0 Å². The Morgan fingerprint density at radius 1 is 0.306 bits per heavy atom. The lowest BCUT2D eigenvalue weighted by Gasteiger charge is -2.34. The Labute approximate surface area is 365 Å². The fourth-order valence-electron chi connectivity index (χ4n) is 9.65. The molecule has 290 valence electrons. The van der Waals surface area contributed by atoms with Crippen molar-refractivity contribution in [3.05, 3.63) is 253 Å². The van der Waals surface area contributed by atoms with Crippen LogP contribution in [0, 0.1) is 0 Å². The van der Waals surface area contributed by atoms with Crippen molar-refractivity contribution in [2.45, 2.75) is 5.41 Å². The van der Waals surface area contributed by atoms with Gasteiger partial charge in [0.2, 0.25) is 0 Å². The fourth-order valence-corrected chi connectivity index (χ4v) is 10.8. The van der Waals surface area contributed by atoms with Gasteiger partial charge in [0.15, 0.2) is 5.82 Å². The van der Waals surface area contributed by atoms with E-state index in [2.05, 4.69) is 206 Å². The highest BCUT2D eigenvalue weighted by atomic mass is 32.1. The second-order valence-corrected chi connectivity index (χ2v) is 17.2. The Morgan fingerprint density at radius 2 is 0.742 bits per heavy atom. The van der Waals surface area contributed by atoms with E-state index in [4.69, 9.17) is 9.97 Å². The minimum absolute atomic E-state index is 0.469. The maximum Gasteiger partial charge on any atom is 0.160 e. The summed E-state index contributed by atoms with van der Waals surface area (Å²) in [7, 11) is 0. The first-order chi connectivity index (χ1) is 30.7. The van der Waals surface area contributed by atoms with Crippen LogP contribution in [0.15, 0.2) is 231 Å². The summed E-state index contributed by atoms with van der Waals surface area (Å²) in [6, 6.07) is 83.5. The molecule has 0 saturated carbocycles. The molecule has 12 rings (SSSR count). The number of hydrogen-bond acceptors (Lipinski definition) is 3. The number of fused-ring (bicyclic) bond motifs is 6. The summed E-state index contributed by atoms with van der Waals surface area (Å²) in [6.07, 6.45) is 0. The molecule has 0 aliphatic heterocycles. The molecule has 62 heavy (non-hydrogen) atoms. The molecular formula is C59H38N2S. The van der Waals surface area contributed by atoms with E-state index in [9.17, 15) is 0 Å². The van der Waals surface area contributed by atoms with Crippen molar-refractivity contribution >= 4 is 31.5 Å². The number of rotatable bonds is 7. The van der Waals surface area contributed by atoms with E-state index in [1.165, 1.54) is 70.2 Å². The zero-order valence-corrected chi connectivity index (χ0v) is 34.6. The molecule has 0 bridgehead atoms. The van der Waals surface area contributed by atoms with E-state index in [0.29, 0.717) is 5.82 Å². The number of nitrogens with zero attached hydrogens (tertiary/aromatic N) is 2. The molecule has 0 saturated heterocycles. The van der Waals surface area contributed by atoms with Gasteiger partial charge in [0.1, 0.15) is 0 Å². The van der Waals surface area contributed by atoms with E-state index in [0.717, 1.165) is 33.6 Å². The third-order valence-electron chi connectivity index (χ3n) is 12.6. The molecule has 0 spiro atoms. The highest BCUT2D eigenvalue weighted by Gasteiger charge is 2.46. The van der Waals surface area contributed by atoms with Crippen molar-refractivity contribution < 1.29 is 0 Å². The predicted octanol–water partition coefficient (Wildman–Crippen LogP) is 15.5. The summed E-state index contributed by atoms with van der Waals surface area (Å²) in [5.74, 6) is 0.709. The quantitative estimate of drug-likeness (QED) is 0.160. The molecule has 11 aromatic rings. The summed E-state index contributed by atoms with van der Waals surface area (Å²) in [4.78, 5) is 10.2. The number of benzene rings is 9. The Kier molecular flexibility index (Phi) is 8.62. The van der Waals surface area contributed by atoms with Gasteiger partial charge in [-0.1, -0.05) is 212 Å². The van der Waals surface area contributed by atoms with E-state index in [-0.39, 0.29) is 0 Å². The van der Waals surface area contributed by atoms with E-state index < -0.39 is 5.41 Å². The monoisotopic (exact) mass is 806 g/mol. The molecule has 2 heterocycles. The van der Waals surface area contributed by atoms with Gasteiger partial charge >= 0.3 is 0 Å². The van der Waals surface area contributed by atoms with E-state index >= 15 is 0 Å². The average molecular weight is 807 g/mol. The highest BCUT2D eigenvalue weighted by Crippen LogP contribution is 2.56. The SMILES string of the molecule is c1ccc(-c2ccc(-c3cc(-c4ccc(-c5ccc(C6(c7ccc8c(c7)sc7ccccc78)c7ccccc7-c7ccccc76)cc5)cc4)nc(-c4ccccc4)n3)cc2)cc1. The molecule has 0 N–H and O–H groups in total. The summed E-state index contributed by atoms with van der Waals surface area (Å²) < 4.78 is 2.64. The molecule has 3 heteroatoms. The lowest BCUT2D eigenvalue weighted by Crippen LogP contribution is -2.28. The first kappa shape index (κ1) is 36.2. The topological polar surface area (TPSA) is 25.8 Å². The minimum Gasteiger partial charge on any atom is -0.228 e. The first-order valence-corrected chi connectivity index (χ1v) is 22.0. The summed E-state index contributed by atoms with van der Waals surface area (Å²) in [5, 5.41) is 2.64. The molecule has 0 amide bonds. The summed E-state index contributed by atoms with van der Waals surface area (Å²) in [5.41, 5.74) is 16.9. The largest absolute Gasteiger partial charge is 0.228 e. The molecule has 0 atom stereocenters. The third kappa shape index (κ3) is 5.93. The van der Waals surface area contributed by atoms with Crippen molar-refractivity contribution in [1.29, 1.82) is 0 Å². The van der Waals surface area contributed by atoms with Crippen molar-refractivity contribution in [2.75, 3.05) is 0 Å². The van der Waals surface area contributed by atoms with Gasteiger partial charge in [-0.25, -0.2) is 9.97 Å². The van der Waals surface area contributed by atoms with E-state index in [1.807, 2.05) is 35.6 Å². The highest BCUT2D eigenvalue weighted by molar-refractivity contribution is 7.25. The van der Waals surface area contributed by atoms with Crippen LogP contribution in [0.25, 0.3) is 87.5 Å². The van der Waals surface area contributed by atoms with Gasteiger partial charge in [-0.15, -0.1) is 11.3 Å². The van der Waals surface area contributed by atoms with Crippen LogP contribution in [0.5, 0.6) is 0 Å². The van der Waals surface area contributed by atoms with Gasteiger partial charge in [-0.3, -0.25) is 0 Å². The first-order valence-electron chi connectivity index (χ1n) is 21.1. The van der Waals surface area contributed by atoms with Crippen LogP contribution < -0.4 is 0 Å². The molecule has 1 aliphatic rings. The Hall–Kier alpha value is -7.72. The standard InChI is InChI=1S/C59H38N2S/c1-3-13-39(14-4-1)40-23-27-43(28-24-40)54-38-55(61-58(60-54)45-15-5-2-6-16-45)44-29-25-41(26-30-44)42-31-33-46(34-32-42)59(52-20-10-7-17-48(52)49-18-8-11-21-53(49)59)47-35-36-51-50-19-9-12-22-56(50)62-57(51)37-47/h1-38H. The van der Waals surface area contributed by atoms with Gasteiger partial charge in [0.25, 0.3) is 0 Å². The van der Waals surface area contributed by atoms with Crippen LogP contribution in [0.3, 0.4) is 0 Å². The van der Waals surface area contributed by atoms with Crippen molar-refractivity contribution in [3.63, 3.8) is 0 Å². The second kappa shape index (κ2) is 14.8. The second-order valence-electron chi connectivity index (χ2n) is 16.1. The van der Waals surface area contributed by atoms with Gasteiger partial charge in [0.05, 0.1) is 16.8 Å². The molecule has 2 aromatic heterocycles.